The maximum Gasteiger partial charge on any atom is 0.279 e. The van der Waals surface area contributed by atoms with Crippen molar-refractivity contribution in [3.05, 3.63) is 48.5 Å². The van der Waals surface area contributed by atoms with Crippen molar-refractivity contribution in [1.82, 2.24) is 14.8 Å². The Morgan fingerprint density at radius 3 is 2.39 bits per heavy atom. The lowest BCUT2D eigenvalue weighted by atomic mass is 9.96. The second-order valence-corrected chi connectivity index (χ2v) is 9.66. The minimum Gasteiger partial charge on any atom is -0.492 e. The van der Waals surface area contributed by atoms with E-state index in [9.17, 15) is 0 Å². The Morgan fingerprint density at radius 2 is 1.61 bits per heavy atom. The summed E-state index contributed by atoms with van der Waals surface area (Å²) >= 11 is 1.56. The molecular weight excluding hydrogens is 406 g/mol. The number of para-hydroxylation sites is 1. The summed E-state index contributed by atoms with van der Waals surface area (Å²) < 4.78 is 13.0. The second-order valence-electron chi connectivity index (χ2n) is 8.66. The van der Waals surface area contributed by atoms with E-state index in [1.807, 2.05) is 42.5 Å². The SMILES string of the molecule is c1ccc2sc(Oc3ccc(OCCN4CCC(CN5CCCC5)CC4)cc3)nc2c1. The predicted octanol–water partition coefficient (Wildman–Crippen LogP) is 5.28. The van der Waals surface area contributed by atoms with Crippen LogP contribution in [0.4, 0.5) is 0 Å². The van der Waals surface area contributed by atoms with Gasteiger partial charge in [0.2, 0.25) is 0 Å². The van der Waals surface area contributed by atoms with E-state index in [1.54, 1.807) is 11.3 Å². The summed E-state index contributed by atoms with van der Waals surface area (Å²) in [6.45, 7) is 8.09. The first-order valence-corrected chi connectivity index (χ1v) is 12.3. The van der Waals surface area contributed by atoms with Gasteiger partial charge in [-0.15, -0.1) is 0 Å². The van der Waals surface area contributed by atoms with E-state index in [4.69, 9.17) is 9.47 Å². The van der Waals surface area contributed by atoms with Gasteiger partial charge in [-0.2, -0.15) is 0 Å². The van der Waals surface area contributed by atoms with E-state index >= 15 is 0 Å². The zero-order valence-corrected chi connectivity index (χ0v) is 18.9. The smallest absolute Gasteiger partial charge is 0.279 e. The number of nitrogens with zero attached hydrogens (tertiary/aromatic N) is 3. The Bertz CT molecular complexity index is 927. The third-order valence-electron chi connectivity index (χ3n) is 6.40. The monoisotopic (exact) mass is 437 g/mol. The third kappa shape index (κ3) is 5.56. The Morgan fingerprint density at radius 1 is 0.871 bits per heavy atom. The van der Waals surface area contributed by atoms with Gasteiger partial charge in [0.25, 0.3) is 5.19 Å². The highest BCUT2D eigenvalue weighted by Gasteiger charge is 2.22. The molecule has 0 aliphatic carbocycles. The maximum atomic E-state index is 5.98. The summed E-state index contributed by atoms with van der Waals surface area (Å²) in [4.78, 5) is 9.73. The van der Waals surface area contributed by atoms with Gasteiger partial charge >= 0.3 is 0 Å². The Hall–Kier alpha value is -2.15. The fourth-order valence-corrected chi connectivity index (χ4v) is 5.45. The van der Waals surface area contributed by atoms with Crippen LogP contribution in [0.2, 0.25) is 0 Å². The molecule has 3 aromatic rings. The number of hydrogen-bond donors (Lipinski definition) is 0. The second kappa shape index (κ2) is 9.98. The van der Waals surface area contributed by atoms with Crippen molar-refractivity contribution in [3.8, 4) is 16.7 Å². The van der Waals surface area contributed by atoms with E-state index in [-0.39, 0.29) is 0 Å². The lowest BCUT2D eigenvalue weighted by Gasteiger charge is -2.33. The summed E-state index contributed by atoms with van der Waals surface area (Å²) in [5.74, 6) is 2.56. The molecule has 0 saturated carbocycles. The highest BCUT2D eigenvalue weighted by molar-refractivity contribution is 7.20. The summed E-state index contributed by atoms with van der Waals surface area (Å²) in [5.41, 5.74) is 0.975. The van der Waals surface area contributed by atoms with Crippen molar-refractivity contribution >= 4 is 21.6 Å². The van der Waals surface area contributed by atoms with Gasteiger partial charge < -0.3 is 14.4 Å². The van der Waals surface area contributed by atoms with Crippen molar-refractivity contribution in [3.63, 3.8) is 0 Å². The van der Waals surface area contributed by atoms with Crippen LogP contribution in [0, 0.1) is 5.92 Å². The van der Waals surface area contributed by atoms with Crippen LogP contribution in [0.3, 0.4) is 0 Å². The van der Waals surface area contributed by atoms with Gasteiger partial charge in [0.1, 0.15) is 18.1 Å². The number of ether oxygens (including phenoxy) is 2. The molecule has 164 valence electrons. The van der Waals surface area contributed by atoms with E-state index < -0.39 is 0 Å². The highest BCUT2D eigenvalue weighted by atomic mass is 32.1. The van der Waals surface area contributed by atoms with Crippen LogP contribution in [0.1, 0.15) is 25.7 Å². The molecule has 5 rings (SSSR count). The Balaban J connectivity index is 1.03. The third-order valence-corrected chi connectivity index (χ3v) is 7.32. The van der Waals surface area contributed by atoms with Gasteiger partial charge in [0.15, 0.2) is 0 Å². The molecule has 1 aromatic heterocycles. The molecule has 3 heterocycles. The number of hydrogen-bond acceptors (Lipinski definition) is 6. The highest BCUT2D eigenvalue weighted by Crippen LogP contribution is 2.31. The van der Waals surface area contributed by atoms with Gasteiger partial charge in [0.05, 0.1) is 10.2 Å². The summed E-state index contributed by atoms with van der Waals surface area (Å²) in [5, 5.41) is 0.669. The number of thiazole rings is 1. The van der Waals surface area contributed by atoms with Gasteiger partial charge in [0, 0.05) is 13.1 Å². The molecule has 0 unspecified atom stereocenters. The molecule has 0 spiro atoms. The van der Waals surface area contributed by atoms with Crippen LogP contribution in [0.5, 0.6) is 16.7 Å². The van der Waals surface area contributed by atoms with E-state index in [1.165, 1.54) is 58.4 Å². The molecule has 2 aliphatic heterocycles. The van der Waals surface area contributed by atoms with E-state index in [0.29, 0.717) is 5.19 Å². The number of likely N-dealkylation sites (tertiary alicyclic amines) is 2. The van der Waals surface area contributed by atoms with Crippen molar-refractivity contribution in [2.75, 3.05) is 45.9 Å². The van der Waals surface area contributed by atoms with Crippen molar-refractivity contribution in [2.45, 2.75) is 25.7 Å². The summed E-state index contributed by atoms with van der Waals surface area (Å²) in [6, 6.07) is 15.9. The number of fused-ring (bicyclic) bond motifs is 1. The molecule has 6 heteroatoms. The minimum absolute atomic E-state index is 0.669. The number of aromatic nitrogens is 1. The molecular formula is C25H31N3O2S. The van der Waals surface area contributed by atoms with Crippen LogP contribution in [-0.4, -0.2) is 60.7 Å². The fourth-order valence-electron chi connectivity index (χ4n) is 4.62. The Labute approximate surface area is 188 Å². The van der Waals surface area contributed by atoms with E-state index in [2.05, 4.69) is 20.9 Å². The molecule has 2 aromatic carbocycles. The largest absolute Gasteiger partial charge is 0.492 e. The first-order valence-electron chi connectivity index (χ1n) is 11.5. The van der Waals surface area contributed by atoms with Crippen molar-refractivity contribution in [1.29, 1.82) is 0 Å². The first-order chi connectivity index (χ1) is 15.3. The van der Waals surface area contributed by atoms with Gasteiger partial charge in [-0.3, -0.25) is 4.90 Å². The van der Waals surface area contributed by atoms with Gasteiger partial charge in [-0.05, 0) is 94.2 Å². The molecule has 0 amide bonds. The quantitative estimate of drug-likeness (QED) is 0.480. The topological polar surface area (TPSA) is 37.8 Å². The average Bonchev–Trinajstić information content (AvgIpc) is 3.45. The van der Waals surface area contributed by atoms with Gasteiger partial charge in [-0.1, -0.05) is 23.5 Å². The summed E-state index contributed by atoms with van der Waals surface area (Å²) in [6.07, 6.45) is 5.44. The minimum atomic E-state index is 0.669. The molecule has 0 bridgehead atoms. The molecule has 2 aliphatic rings. The maximum absolute atomic E-state index is 5.98. The van der Waals surface area contributed by atoms with Gasteiger partial charge in [-0.25, -0.2) is 4.98 Å². The lowest BCUT2D eigenvalue weighted by molar-refractivity contribution is 0.135. The lowest BCUT2D eigenvalue weighted by Crippen LogP contribution is -2.39. The molecule has 0 radical (unpaired) electrons. The standard InChI is InChI=1S/C25H31N3O2S/c1-2-6-24-23(5-1)26-25(31-24)30-22-9-7-21(8-10-22)29-18-17-27-15-11-20(12-16-27)19-28-13-3-4-14-28/h1-2,5-10,20H,3-4,11-19H2. The average molecular weight is 438 g/mol. The van der Waals surface area contributed by atoms with Crippen molar-refractivity contribution in [2.24, 2.45) is 5.92 Å². The van der Waals surface area contributed by atoms with Crippen LogP contribution in [0.25, 0.3) is 10.2 Å². The molecule has 5 nitrogen and oxygen atoms in total. The van der Waals surface area contributed by atoms with Crippen LogP contribution in [0.15, 0.2) is 48.5 Å². The Kier molecular flexibility index (Phi) is 6.68. The molecule has 0 N–H and O–H groups in total. The van der Waals surface area contributed by atoms with Crippen molar-refractivity contribution < 1.29 is 9.47 Å². The number of benzene rings is 2. The number of piperidine rings is 1. The zero-order valence-electron chi connectivity index (χ0n) is 18.0. The van der Waals surface area contributed by atoms with E-state index in [0.717, 1.165) is 40.8 Å². The zero-order chi connectivity index (χ0) is 20.9. The normalized spacial score (nSPS) is 18.6. The summed E-state index contributed by atoms with van der Waals surface area (Å²) in [7, 11) is 0. The molecule has 0 atom stereocenters. The number of rotatable bonds is 8. The van der Waals surface area contributed by atoms with Crippen LogP contribution in [-0.2, 0) is 0 Å². The molecule has 31 heavy (non-hydrogen) atoms. The fraction of sp³-hybridized carbons (Fsp3) is 0.480. The first kappa shape index (κ1) is 20.7. The van der Waals surface area contributed by atoms with Crippen LogP contribution < -0.4 is 9.47 Å². The molecule has 2 fully saturated rings. The predicted molar refractivity (Wildman–Crippen MR) is 126 cm³/mol. The molecule has 2 saturated heterocycles. The van der Waals surface area contributed by atoms with Crippen LogP contribution >= 0.6 is 11.3 Å².